The molecule has 1 unspecified atom stereocenters. The number of hydrogen-bond donors (Lipinski definition) is 5. The van der Waals surface area contributed by atoms with Crippen LogP contribution in [0.1, 0.15) is 42.5 Å². The van der Waals surface area contributed by atoms with E-state index in [1.807, 2.05) is 74.5 Å². The van der Waals surface area contributed by atoms with E-state index in [2.05, 4.69) is 25.9 Å². The molecule has 12 heteroatoms. The first-order chi connectivity index (χ1) is 23.7. The SMILES string of the molecule is CC(C)C(NC(=O)OCc1cncc(N)c1)C(=O)N[C@@H](Cc1ccccc1)C[C@H](O)[C@H](Cc1ccccc1)NC(=O)OCc1cccnc1. The fourth-order valence-electron chi connectivity index (χ4n) is 5.25. The van der Waals surface area contributed by atoms with Crippen LogP contribution in [0.5, 0.6) is 0 Å². The van der Waals surface area contributed by atoms with Gasteiger partial charge in [-0.25, -0.2) is 9.59 Å². The number of benzene rings is 2. The van der Waals surface area contributed by atoms with Crippen molar-refractivity contribution in [2.24, 2.45) is 5.92 Å². The van der Waals surface area contributed by atoms with Crippen molar-refractivity contribution < 1.29 is 29.0 Å². The molecule has 0 fully saturated rings. The summed E-state index contributed by atoms with van der Waals surface area (Å²) in [6.45, 7) is 3.57. The molecule has 49 heavy (non-hydrogen) atoms. The Bertz CT molecular complexity index is 1610. The maximum Gasteiger partial charge on any atom is 0.408 e. The van der Waals surface area contributed by atoms with Crippen LogP contribution in [0.25, 0.3) is 0 Å². The number of nitrogen functional groups attached to an aromatic ring is 1. The first-order valence-electron chi connectivity index (χ1n) is 16.2. The molecule has 2 aromatic carbocycles. The highest BCUT2D eigenvalue weighted by molar-refractivity contribution is 5.86. The number of rotatable bonds is 16. The number of aromatic nitrogens is 2. The molecule has 4 aromatic rings. The van der Waals surface area contributed by atoms with Gasteiger partial charge in [-0.3, -0.25) is 14.8 Å². The van der Waals surface area contributed by atoms with Gasteiger partial charge in [0.25, 0.3) is 0 Å². The third kappa shape index (κ3) is 12.6. The average Bonchev–Trinajstić information content (AvgIpc) is 3.09. The van der Waals surface area contributed by atoms with Crippen LogP contribution in [0.2, 0.25) is 0 Å². The Morgan fingerprint density at radius 3 is 1.94 bits per heavy atom. The Hall–Kier alpha value is -5.49. The number of alkyl carbamates (subject to hydrolysis) is 2. The normalized spacial score (nSPS) is 13.4. The van der Waals surface area contributed by atoms with E-state index >= 15 is 0 Å². The van der Waals surface area contributed by atoms with Gasteiger partial charge in [0.15, 0.2) is 0 Å². The van der Waals surface area contributed by atoms with Crippen molar-refractivity contribution in [1.82, 2.24) is 25.9 Å². The number of carbonyl (C=O) groups excluding carboxylic acids is 3. The number of aliphatic hydroxyl groups excluding tert-OH is 1. The number of nitrogens with one attached hydrogen (secondary N) is 3. The highest BCUT2D eigenvalue weighted by Gasteiger charge is 2.30. The molecular weight excluding hydrogens is 624 g/mol. The second kappa shape index (κ2) is 18.7. The molecule has 0 saturated heterocycles. The summed E-state index contributed by atoms with van der Waals surface area (Å²) in [4.78, 5) is 47.4. The van der Waals surface area contributed by atoms with Crippen LogP contribution in [-0.2, 0) is 40.3 Å². The average molecular weight is 669 g/mol. The molecule has 0 aliphatic rings. The molecule has 0 saturated carbocycles. The van der Waals surface area contributed by atoms with Gasteiger partial charge < -0.3 is 36.3 Å². The fourth-order valence-corrected chi connectivity index (χ4v) is 5.25. The fraction of sp³-hybridized carbons (Fsp3) is 0.324. The summed E-state index contributed by atoms with van der Waals surface area (Å²) in [5.74, 6) is -0.722. The Labute approximate surface area is 286 Å². The molecule has 6 N–H and O–H groups in total. The van der Waals surface area contributed by atoms with Crippen molar-refractivity contribution in [1.29, 1.82) is 0 Å². The van der Waals surface area contributed by atoms with Crippen molar-refractivity contribution in [3.8, 4) is 0 Å². The van der Waals surface area contributed by atoms with Gasteiger partial charge in [-0.2, -0.15) is 0 Å². The Kier molecular flexibility index (Phi) is 13.9. The molecule has 0 aliphatic heterocycles. The molecule has 0 bridgehead atoms. The number of nitrogens with zero attached hydrogens (tertiary/aromatic N) is 2. The van der Waals surface area contributed by atoms with E-state index in [0.717, 1.165) is 16.7 Å². The lowest BCUT2D eigenvalue weighted by atomic mass is 9.93. The standard InChI is InChI=1S/C37H44N6O6/c1-25(2)34(43-37(47)49-24-29-16-30(38)22-40-21-29)35(45)41-31(17-26-10-5-3-6-11-26)19-33(44)32(18-27-12-7-4-8-13-27)42-36(46)48-23-28-14-9-15-39-20-28/h3-16,20-22,25,31-34,44H,17-19,23-24,38H2,1-2H3,(H,41,45)(H,42,46)(H,43,47)/t31-,32-,33-,34?/m0/s1. The largest absolute Gasteiger partial charge is 0.445 e. The van der Waals surface area contributed by atoms with E-state index in [1.165, 1.54) is 12.4 Å². The number of aliphatic hydroxyl groups is 1. The smallest absolute Gasteiger partial charge is 0.408 e. The number of amides is 3. The molecule has 0 spiro atoms. The molecule has 12 nitrogen and oxygen atoms in total. The van der Waals surface area contributed by atoms with Crippen molar-refractivity contribution in [2.75, 3.05) is 5.73 Å². The summed E-state index contributed by atoms with van der Waals surface area (Å²) in [6.07, 6.45) is 4.53. The molecule has 3 amide bonds. The van der Waals surface area contributed by atoms with E-state index < -0.39 is 42.3 Å². The van der Waals surface area contributed by atoms with E-state index in [1.54, 1.807) is 30.6 Å². The van der Waals surface area contributed by atoms with Crippen LogP contribution in [-0.4, -0.2) is 57.4 Å². The predicted molar refractivity (Wildman–Crippen MR) is 185 cm³/mol. The molecule has 4 atom stereocenters. The van der Waals surface area contributed by atoms with Gasteiger partial charge in [0.1, 0.15) is 19.3 Å². The minimum Gasteiger partial charge on any atom is -0.445 e. The number of anilines is 1. The highest BCUT2D eigenvalue weighted by Crippen LogP contribution is 2.16. The first-order valence-corrected chi connectivity index (χ1v) is 16.2. The molecule has 2 aromatic heterocycles. The lowest BCUT2D eigenvalue weighted by Crippen LogP contribution is -2.54. The van der Waals surface area contributed by atoms with Gasteiger partial charge in [0.05, 0.1) is 17.8 Å². The van der Waals surface area contributed by atoms with Crippen molar-refractivity contribution in [2.45, 2.75) is 70.6 Å². The quantitative estimate of drug-likeness (QED) is 0.116. The van der Waals surface area contributed by atoms with Gasteiger partial charge in [-0.1, -0.05) is 80.6 Å². The third-order valence-electron chi connectivity index (χ3n) is 7.76. The highest BCUT2D eigenvalue weighted by atomic mass is 16.6. The summed E-state index contributed by atoms with van der Waals surface area (Å²) in [7, 11) is 0. The lowest BCUT2D eigenvalue weighted by molar-refractivity contribution is -0.125. The summed E-state index contributed by atoms with van der Waals surface area (Å²) in [6, 6.07) is 22.0. The number of pyridine rings is 2. The molecular formula is C37H44N6O6. The number of nitrogens with two attached hydrogens (primary N) is 1. The summed E-state index contributed by atoms with van der Waals surface area (Å²) >= 11 is 0. The summed E-state index contributed by atoms with van der Waals surface area (Å²) in [5.41, 5.74) is 9.37. The predicted octanol–water partition coefficient (Wildman–Crippen LogP) is 4.33. The minimum atomic E-state index is -1.08. The Balaban J connectivity index is 1.46. The zero-order valence-electron chi connectivity index (χ0n) is 27.7. The topological polar surface area (TPSA) is 178 Å². The number of ether oxygens (including phenoxy) is 2. The summed E-state index contributed by atoms with van der Waals surface area (Å²) in [5, 5.41) is 20.2. The van der Waals surface area contributed by atoms with Gasteiger partial charge in [0.2, 0.25) is 5.91 Å². The zero-order valence-corrected chi connectivity index (χ0v) is 27.7. The van der Waals surface area contributed by atoms with Crippen LogP contribution in [0.3, 0.4) is 0 Å². The number of carbonyl (C=O) groups is 3. The molecule has 0 radical (unpaired) electrons. The maximum absolute atomic E-state index is 13.7. The second-order valence-electron chi connectivity index (χ2n) is 12.1. The minimum absolute atomic E-state index is 0.0167. The van der Waals surface area contributed by atoms with E-state index in [-0.39, 0.29) is 25.6 Å². The molecule has 258 valence electrons. The van der Waals surface area contributed by atoms with Gasteiger partial charge in [0, 0.05) is 42.0 Å². The van der Waals surface area contributed by atoms with E-state index in [4.69, 9.17) is 15.2 Å². The summed E-state index contributed by atoms with van der Waals surface area (Å²) < 4.78 is 10.8. The van der Waals surface area contributed by atoms with E-state index in [0.29, 0.717) is 24.1 Å². The zero-order chi connectivity index (χ0) is 35.0. The van der Waals surface area contributed by atoms with Crippen LogP contribution in [0, 0.1) is 5.92 Å². The molecule has 4 rings (SSSR count). The van der Waals surface area contributed by atoms with Gasteiger partial charge in [-0.15, -0.1) is 0 Å². The van der Waals surface area contributed by atoms with E-state index in [9.17, 15) is 19.5 Å². The van der Waals surface area contributed by atoms with Crippen molar-refractivity contribution in [3.63, 3.8) is 0 Å². The van der Waals surface area contributed by atoms with Gasteiger partial charge >= 0.3 is 12.2 Å². The van der Waals surface area contributed by atoms with Crippen molar-refractivity contribution in [3.05, 3.63) is 126 Å². The Morgan fingerprint density at radius 2 is 1.33 bits per heavy atom. The van der Waals surface area contributed by atoms with Crippen LogP contribution >= 0.6 is 0 Å². The monoisotopic (exact) mass is 668 g/mol. The van der Waals surface area contributed by atoms with Gasteiger partial charge in [-0.05, 0) is 48.4 Å². The number of hydrogen-bond acceptors (Lipinski definition) is 9. The lowest BCUT2D eigenvalue weighted by Gasteiger charge is -2.30. The molecule has 0 aliphatic carbocycles. The second-order valence-corrected chi connectivity index (χ2v) is 12.1. The van der Waals surface area contributed by atoms with Crippen molar-refractivity contribution >= 4 is 23.8 Å². The van der Waals surface area contributed by atoms with Crippen LogP contribution in [0.4, 0.5) is 15.3 Å². The maximum atomic E-state index is 13.7. The van der Waals surface area contributed by atoms with Crippen LogP contribution in [0.15, 0.2) is 104 Å². The Morgan fingerprint density at radius 1 is 0.735 bits per heavy atom. The first kappa shape index (κ1) is 36.3. The van der Waals surface area contributed by atoms with Crippen LogP contribution < -0.4 is 21.7 Å². The third-order valence-corrected chi connectivity index (χ3v) is 7.76. The molecule has 2 heterocycles.